The largest absolute Gasteiger partial charge is 0.381 e. The van der Waals surface area contributed by atoms with Crippen LogP contribution in [0.3, 0.4) is 0 Å². The minimum absolute atomic E-state index is 0.0554. The van der Waals surface area contributed by atoms with Crippen molar-refractivity contribution in [3.8, 4) is 0 Å². The fraction of sp³-hybridized carbons (Fsp3) is 0.235. The van der Waals surface area contributed by atoms with Crippen molar-refractivity contribution >= 4 is 23.2 Å². The lowest BCUT2D eigenvalue weighted by molar-refractivity contribution is 0.0943. The van der Waals surface area contributed by atoms with Crippen LogP contribution in [0.1, 0.15) is 29.8 Å². The molecule has 0 atom stereocenters. The maximum absolute atomic E-state index is 12.0. The van der Waals surface area contributed by atoms with Gasteiger partial charge in [0.1, 0.15) is 0 Å². The molecule has 0 heterocycles. The number of hydrogen-bond donors (Lipinski definition) is 2. The highest BCUT2D eigenvalue weighted by atomic mass is 35.5. The van der Waals surface area contributed by atoms with Crippen LogP contribution in [0.5, 0.6) is 0 Å². The molecule has 2 N–H and O–H groups in total. The molecule has 0 aliphatic carbocycles. The van der Waals surface area contributed by atoms with Crippen LogP contribution in [-0.2, 0) is 6.54 Å². The molecule has 110 valence electrons. The fourth-order valence-electron chi connectivity index (χ4n) is 1.92. The summed E-state index contributed by atoms with van der Waals surface area (Å²) in [6.45, 7) is 4.58. The van der Waals surface area contributed by atoms with Crippen LogP contribution in [0.2, 0.25) is 5.02 Å². The van der Waals surface area contributed by atoms with Gasteiger partial charge >= 0.3 is 0 Å². The highest BCUT2D eigenvalue weighted by molar-refractivity contribution is 6.30. The van der Waals surface area contributed by atoms with E-state index in [4.69, 9.17) is 11.6 Å². The van der Waals surface area contributed by atoms with E-state index >= 15 is 0 Å². The van der Waals surface area contributed by atoms with Crippen LogP contribution in [-0.4, -0.2) is 11.9 Å². The maximum Gasteiger partial charge on any atom is 0.251 e. The molecule has 2 rings (SSSR count). The average molecular weight is 303 g/mol. The van der Waals surface area contributed by atoms with Gasteiger partial charge in [0, 0.05) is 28.9 Å². The Hall–Kier alpha value is -2.00. The summed E-state index contributed by atoms with van der Waals surface area (Å²) in [6.07, 6.45) is 0. The first-order chi connectivity index (χ1) is 10.0. The van der Waals surface area contributed by atoms with Crippen molar-refractivity contribution in [2.75, 3.05) is 5.32 Å². The Labute approximate surface area is 130 Å². The quantitative estimate of drug-likeness (QED) is 0.873. The standard InChI is InChI=1S/C17H19ClN2O/c1-12(2)20-17(21)14-4-3-5-16(10-14)19-11-13-6-8-15(18)9-7-13/h3-10,12,19H,11H2,1-2H3,(H,20,21). The summed E-state index contributed by atoms with van der Waals surface area (Å²) in [5.74, 6) is -0.0554. The highest BCUT2D eigenvalue weighted by Crippen LogP contribution is 2.14. The van der Waals surface area contributed by atoms with Crippen LogP contribution in [0.15, 0.2) is 48.5 Å². The van der Waals surface area contributed by atoms with E-state index in [0.29, 0.717) is 12.1 Å². The van der Waals surface area contributed by atoms with Gasteiger partial charge in [0.05, 0.1) is 0 Å². The minimum atomic E-state index is -0.0554. The van der Waals surface area contributed by atoms with E-state index in [-0.39, 0.29) is 11.9 Å². The minimum Gasteiger partial charge on any atom is -0.381 e. The van der Waals surface area contributed by atoms with Crippen molar-refractivity contribution in [2.45, 2.75) is 26.4 Å². The van der Waals surface area contributed by atoms with E-state index in [2.05, 4.69) is 10.6 Å². The van der Waals surface area contributed by atoms with Crippen molar-refractivity contribution in [3.63, 3.8) is 0 Å². The topological polar surface area (TPSA) is 41.1 Å². The molecule has 0 bridgehead atoms. The second-order valence-corrected chi connectivity index (χ2v) is 5.63. The predicted octanol–water partition coefficient (Wildman–Crippen LogP) is 4.09. The van der Waals surface area contributed by atoms with E-state index < -0.39 is 0 Å². The van der Waals surface area contributed by atoms with E-state index in [1.54, 1.807) is 0 Å². The summed E-state index contributed by atoms with van der Waals surface area (Å²) in [7, 11) is 0. The van der Waals surface area contributed by atoms with Crippen molar-refractivity contribution in [3.05, 3.63) is 64.7 Å². The molecule has 21 heavy (non-hydrogen) atoms. The van der Waals surface area contributed by atoms with Crippen LogP contribution in [0, 0.1) is 0 Å². The summed E-state index contributed by atoms with van der Waals surface area (Å²) in [5, 5.41) is 6.92. The summed E-state index contributed by atoms with van der Waals surface area (Å²) in [4.78, 5) is 12.0. The zero-order valence-electron chi connectivity index (χ0n) is 12.2. The number of carbonyl (C=O) groups is 1. The Kier molecular flexibility index (Phi) is 5.23. The molecule has 3 nitrogen and oxygen atoms in total. The van der Waals surface area contributed by atoms with Crippen molar-refractivity contribution in [1.82, 2.24) is 5.32 Å². The van der Waals surface area contributed by atoms with Gasteiger partial charge in [0.25, 0.3) is 5.91 Å². The van der Waals surface area contributed by atoms with Crippen LogP contribution in [0.25, 0.3) is 0 Å². The van der Waals surface area contributed by atoms with Gasteiger partial charge in [-0.2, -0.15) is 0 Å². The number of halogens is 1. The van der Waals surface area contributed by atoms with Gasteiger partial charge < -0.3 is 10.6 Å². The Bertz CT molecular complexity index is 608. The third-order valence-electron chi connectivity index (χ3n) is 2.95. The second kappa shape index (κ2) is 7.14. The molecule has 2 aromatic rings. The van der Waals surface area contributed by atoms with Gasteiger partial charge in [0.2, 0.25) is 0 Å². The lowest BCUT2D eigenvalue weighted by atomic mass is 10.1. The Morgan fingerprint density at radius 1 is 1.14 bits per heavy atom. The first-order valence-corrected chi connectivity index (χ1v) is 7.31. The molecule has 0 spiro atoms. The molecule has 0 radical (unpaired) electrons. The lowest BCUT2D eigenvalue weighted by Gasteiger charge is -2.11. The molecule has 4 heteroatoms. The van der Waals surface area contributed by atoms with Crippen molar-refractivity contribution < 1.29 is 4.79 Å². The molecule has 0 unspecified atom stereocenters. The second-order valence-electron chi connectivity index (χ2n) is 5.19. The summed E-state index contributed by atoms with van der Waals surface area (Å²) in [6, 6.07) is 15.3. The SMILES string of the molecule is CC(C)NC(=O)c1cccc(NCc2ccc(Cl)cc2)c1. The average Bonchev–Trinajstić information content (AvgIpc) is 2.46. The molecular formula is C17H19ClN2O. The Morgan fingerprint density at radius 2 is 1.86 bits per heavy atom. The number of carbonyl (C=O) groups excluding carboxylic acids is 1. The molecule has 2 aromatic carbocycles. The molecule has 0 aromatic heterocycles. The van der Waals surface area contributed by atoms with Gasteiger partial charge in [-0.15, -0.1) is 0 Å². The van der Waals surface area contributed by atoms with E-state index in [1.165, 1.54) is 0 Å². The zero-order valence-corrected chi connectivity index (χ0v) is 12.9. The summed E-state index contributed by atoms with van der Waals surface area (Å²) < 4.78 is 0. The molecule has 0 aliphatic heterocycles. The van der Waals surface area contributed by atoms with Crippen LogP contribution < -0.4 is 10.6 Å². The van der Waals surface area contributed by atoms with Crippen molar-refractivity contribution in [1.29, 1.82) is 0 Å². The fourth-order valence-corrected chi connectivity index (χ4v) is 2.05. The Morgan fingerprint density at radius 3 is 2.52 bits per heavy atom. The zero-order chi connectivity index (χ0) is 15.2. The number of anilines is 1. The maximum atomic E-state index is 12.0. The normalized spacial score (nSPS) is 10.5. The third kappa shape index (κ3) is 4.80. The van der Waals surface area contributed by atoms with Gasteiger partial charge in [-0.25, -0.2) is 0 Å². The Balaban J connectivity index is 2.00. The molecule has 1 amide bonds. The number of benzene rings is 2. The lowest BCUT2D eigenvalue weighted by Crippen LogP contribution is -2.30. The van der Waals surface area contributed by atoms with Gasteiger partial charge in [0.15, 0.2) is 0 Å². The van der Waals surface area contributed by atoms with Gasteiger partial charge in [-0.3, -0.25) is 4.79 Å². The smallest absolute Gasteiger partial charge is 0.251 e. The van der Waals surface area contributed by atoms with Crippen molar-refractivity contribution in [2.24, 2.45) is 0 Å². The monoisotopic (exact) mass is 302 g/mol. The predicted molar refractivity (Wildman–Crippen MR) is 87.8 cm³/mol. The van der Waals surface area contributed by atoms with E-state index in [1.807, 2.05) is 62.4 Å². The van der Waals surface area contributed by atoms with Gasteiger partial charge in [-0.05, 0) is 49.7 Å². The summed E-state index contributed by atoms with van der Waals surface area (Å²) >= 11 is 5.86. The van der Waals surface area contributed by atoms with Crippen LogP contribution in [0.4, 0.5) is 5.69 Å². The number of rotatable bonds is 5. The number of hydrogen-bond acceptors (Lipinski definition) is 2. The molecule has 0 saturated heterocycles. The third-order valence-corrected chi connectivity index (χ3v) is 3.21. The van der Waals surface area contributed by atoms with E-state index in [0.717, 1.165) is 16.3 Å². The summed E-state index contributed by atoms with van der Waals surface area (Å²) in [5.41, 5.74) is 2.71. The van der Waals surface area contributed by atoms with E-state index in [9.17, 15) is 4.79 Å². The highest BCUT2D eigenvalue weighted by Gasteiger charge is 2.07. The van der Waals surface area contributed by atoms with Crippen LogP contribution >= 0.6 is 11.6 Å². The molecule has 0 saturated carbocycles. The molecular weight excluding hydrogens is 284 g/mol. The molecule has 0 aliphatic rings. The first kappa shape index (κ1) is 15.4. The molecule has 0 fully saturated rings. The van der Waals surface area contributed by atoms with Gasteiger partial charge in [-0.1, -0.05) is 29.8 Å². The number of nitrogens with one attached hydrogen (secondary N) is 2. The number of amides is 1. The first-order valence-electron chi connectivity index (χ1n) is 6.94.